The fourth-order valence-corrected chi connectivity index (χ4v) is 1.23. The molecular formula is C9H15N3O. The summed E-state index contributed by atoms with van der Waals surface area (Å²) in [5, 5.41) is 10.4. The molecule has 1 saturated heterocycles. The van der Waals surface area contributed by atoms with Crippen molar-refractivity contribution >= 4 is 11.6 Å². The zero-order chi connectivity index (χ0) is 9.84. The minimum Gasteiger partial charge on any atom is -0.371 e. The average Bonchev–Trinajstić information content (AvgIpc) is 2.19. The van der Waals surface area contributed by atoms with Gasteiger partial charge in [0.25, 0.3) is 0 Å². The van der Waals surface area contributed by atoms with Crippen molar-refractivity contribution in [1.29, 1.82) is 5.41 Å². The first-order valence-electron chi connectivity index (χ1n) is 4.38. The molecule has 4 heteroatoms. The SMILES string of the molecule is CC(=N)/C=C1\NCCCC(=O)N1C. The van der Waals surface area contributed by atoms with Crippen molar-refractivity contribution in [3.8, 4) is 0 Å². The summed E-state index contributed by atoms with van der Waals surface area (Å²) in [5.74, 6) is 0.840. The highest BCUT2D eigenvalue weighted by atomic mass is 16.2. The highest BCUT2D eigenvalue weighted by Gasteiger charge is 2.16. The Hall–Kier alpha value is -1.32. The molecule has 0 saturated carbocycles. The van der Waals surface area contributed by atoms with E-state index >= 15 is 0 Å². The highest BCUT2D eigenvalue weighted by Crippen LogP contribution is 2.07. The van der Waals surface area contributed by atoms with Crippen LogP contribution in [0.2, 0.25) is 0 Å². The molecule has 0 aromatic heterocycles. The van der Waals surface area contributed by atoms with Gasteiger partial charge in [-0.3, -0.25) is 4.79 Å². The van der Waals surface area contributed by atoms with Crippen LogP contribution in [0.15, 0.2) is 11.9 Å². The third kappa shape index (κ3) is 2.57. The Kier molecular flexibility index (Phi) is 3.06. The number of hydrogen-bond acceptors (Lipinski definition) is 3. The minimum absolute atomic E-state index is 0.109. The average molecular weight is 181 g/mol. The maximum Gasteiger partial charge on any atom is 0.227 e. The van der Waals surface area contributed by atoms with Crippen molar-refractivity contribution in [1.82, 2.24) is 10.2 Å². The number of amides is 1. The quantitative estimate of drug-likeness (QED) is 0.585. The normalized spacial score (nSPS) is 21.2. The van der Waals surface area contributed by atoms with Crippen LogP contribution in [-0.4, -0.2) is 30.1 Å². The van der Waals surface area contributed by atoms with Gasteiger partial charge in [-0.2, -0.15) is 0 Å². The maximum atomic E-state index is 11.4. The van der Waals surface area contributed by atoms with Crippen LogP contribution in [0.3, 0.4) is 0 Å². The molecular weight excluding hydrogens is 166 g/mol. The van der Waals surface area contributed by atoms with Gasteiger partial charge in [0.2, 0.25) is 5.91 Å². The van der Waals surface area contributed by atoms with E-state index in [0.717, 1.165) is 18.8 Å². The lowest BCUT2D eigenvalue weighted by Gasteiger charge is -2.18. The minimum atomic E-state index is 0.109. The van der Waals surface area contributed by atoms with Gasteiger partial charge in [-0.1, -0.05) is 0 Å². The van der Waals surface area contributed by atoms with Crippen LogP contribution in [0.1, 0.15) is 19.8 Å². The third-order valence-corrected chi connectivity index (χ3v) is 1.96. The standard InChI is InChI=1S/C9H15N3O/c1-7(10)6-8-11-5-3-4-9(13)12(8)2/h6,10-11H,3-5H2,1-2H3/b8-6+,10-7?. The second kappa shape index (κ2) is 4.07. The Bertz CT molecular complexity index is 258. The molecule has 0 spiro atoms. The first-order chi connectivity index (χ1) is 6.11. The summed E-state index contributed by atoms with van der Waals surface area (Å²) < 4.78 is 0. The molecule has 72 valence electrons. The number of carbonyl (C=O) groups is 1. The third-order valence-electron chi connectivity index (χ3n) is 1.96. The predicted molar refractivity (Wildman–Crippen MR) is 51.5 cm³/mol. The summed E-state index contributed by atoms with van der Waals surface area (Å²) in [6, 6.07) is 0. The lowest BCUT2D eigenvalue weighted by Crippen LogP contribution is -2.30. The van der Waals surface area contributed by atoms with Crippen molar-refractivity contribution in [2.45, 2.75) is 19.8 Å². The van der Waals surface area contributed by atoms with Gasteiger partial charge in [-0.05, 0) is 19.4 Å². The van der Waals surface area contributed by atoms with Crippen molar-refractivity contribution in [3.05, 3.63) is 11.9 Å². The number of rotatable bonds is 1. The van der Waals surface area contributed by atoms with Gasteiger partial charge < -0.3 is 15.6 Å². The summed E-state index contributed by atoms with van der Waals surface area (Å²) in [6.07, 6.45) is 3.11. The summed E-state index contributed by atoms with van der Waals surface area (Å²) in [5.41, 5.74) is 0.448. The Labute approximate surface area is 78.1 Å². The lowest BCUT2D eigenvalue weighted by molar-refractivity contribution is -0.127. The second-order valence-electron chi connectivity index (χ2n) is 3.20. The molecule has 0 radical (unpaired) electrons. The van der Waals surface area contributed by atoms with Gasteiger partial charge in [-0.25, -0.2) is 0 Å². The number of allylic oxidation sites excluding steroid dienone is 1. The van der Waals surface area contributed by atoms with Crippen LogP contribution in [0.5, 0.6) is 0 Å². The van der Waals surface area contributed by atoms with E-state index in [1.165, 1.54) is 0 Å². The molecule has 1 aliphatic heterocycles. The molecule has 4 nitrogen and oxygen atoms in total. The number of hydrogen-bond donors (Lipinski definition) is 2. The molecule has 0 aliphatic carbocycles. The van der Waals surface area contributed by atoms with Crippen molar-refractivity contribution in [2.24, 2.45) is 0 Å². The summed E-state index contributed by atoms with van der Waals surface area (Å²) in [4.78, 5) is 13.0. The molecule has 1 rings (SSSR count). The fraction of sp³-hybridized carbons (Fsp3) is 0.556. The number of nitrogens with zero attached hydrogens (tertiary/aromatic N) is 1. The van der Waals surface area contributed by atoms with Gasteiger partial charge in [0.05, 0.1) is 0 Å². The molecule has 0 atom stereocenters. The van der Waals surface area contributed by atoms with E-state index in [2.05, 4.69) is 5.32 Å². The Morgan fingerprint density at radius 1 is 1.69 bits per heavy atom. The Morgan fingerprint density at radius 2 is 2.38 bits per heavy atom. The van der Waals surface area contributed by atoms with E-state index in [1.54, 1.807) is 24.9 Å². The fourth-order valence-electron chi connectivity index (χ4n) is 1.23. The molecule has 0 aromatic carbocycles. The Balaban J connectivity index is 2.81. The first-order valence-corrected chi connectivity index (χ1v) is 4.38. The molecule has 1 heterocycles. The van der Waals surface area contributed by atoms with Crippen molar-refractivity contribution in [3.63, 3.8) is 0 Å². The molecule has 0 unspecified atom stereocenters. The molecule has 1 fully saturated rings. The van der Waals surface area contributed by atoms with Gasteiger partial charge in [0.1, 0.15) is 5.82 Å². The van der Waals surface area contributed by atoms with Crippen molar-refractivity contribution < 1.29 is 4.79 Å². The lowest BCUT2D eigenvalue weighted by atomic mass is 10.3. The highest BCUT2D eigenvalue weighted by molar-refractivity contribution is 5.91. The summed E-state index contributed by atoms with van der Waals surface area (Å²) >= 11 is 0. The van der Waals surface area contributed by atoms with Crippen LogP contribution in [0, 0.1) is 5.41 Å². The number of carbonyl (C=O) groups excluding carboxylic acids is 1. The van der Waals surface area contributed by atoms with Crippen LogP contribution >= 0.6 is 0 Å². The zero-order valence-electron chi connectivity index (χ0n) is 8.05. The van der Waals surface area contributed by atoms with Crippen LogP contribution in [0.4, 0.5) is 0 Å². The summed E-state index contributed by atoms with van der Waals surface area (Å²) in [6.45, 7) is 2.49. The van der Waals surface area contributed by atoms with Gasteiger partial charge in [0.15, 0.2) is 0 Å². The molecule has 0 bridgehead atoms. The van der Waals surface area contributed by atoms with E-state index in [4.69, 9.17) is 5.41 Å². The predicted octanol–water partition coefficient (Wildman–Crippen LogP) is 0.709. The van der Waals surface area contributed by atoms with E-state index in [9.17, 15) is 4.79 Å². The van der Waals surface area contributed by atoms with E-state index in [-0.39, 0.29) is 5.91 Å². The number of nitrogens with one attached hydrogen (secondary N) is 2. The van der Waals surface area contributed by atoms with Gasteiger partial charge >= 0.3 is 0 Å². The second-order valence-corrected chi connectivity index (χ2v) is 3.20. The first kappa shape index (κ1) is 9.77. The van der Waals surface area contributed by atoms with Gasteiger partial charge in [0, 0.05) is 25.7 Å². The molecule has 0 aromatic rings. The van der Waals surface area contributed by atoms with Crippen molar-refractivity contribution in [2.75, 3.05) is 13.6 Å². The molecule has 2 N–H and O–H groups in total. The Morgan fingerprint density at radius 3 is 3.00 bits per heavy atom. The van der Waals surface area contributed by atoms with Gasteiger partial charge in [-0.15, -0.1) is 0 Å². The smallest absolute Gasteiger partial charge is 0.227 e. The van der Waals surface area contributed by atoms with Crippen LogP contribution in [0.25, 0.3) is 0 Å². The zero-order valence-corrected chi connectivity index (χ0v) is 8.05. The van der Waals surface area contributed by atoms with E-state index < -0.39 is 0 Å². The summed E-state index contributed by atoms with van der Waals surface area (Å²) in [7, 11) is 1.73. The monoisotopic (exact) mass is 181 g/mol. The van der Waals surface area contributed by atoms with E-state index in [0.29, 0.717) is 12.1 Å². The maximum absolute atomic E-state index is 11.4. The van der Waals surface area contributed by atoms with Crippen LogP contribution in [-0.2, 0) is 4.79 Å². The van der Waals surface area contributed by atoms with Crippen LogP contribution < -0.4 is 5.32 Å². The molecule has 1 aliphatic rings. The van der Waals surface area contributed by atoms with E-state index in [1.807, 2.05) is 0 Å². The largest absolute Gasteiger partial charge is 0.371 e. The molecule has 13 heavy (non-hydrogen) atoms. The topological polar surface area (TPSA) is 56.2 Å². The molecule has 1 amide bonds.